The van der Waals surface area contributed by atoms with Crippen molar-refractivity contribution in [1.82, 2.24) is 14.9 Å². The first-order valence-corrected chi connectivity index (χ1v) is 9.22. The third-order valence-corrected chi connectivity index (χ3v) is 5.31. The Bertz CT molecular complexity index is 1150. The summed E-state index contributed by atoms with van der Waals surface area (Å²) in [7, 11) is 0. The van der Waals surface area contributed by atoms with Gasteiger partial charge in [0.1, 0.15) is 5.75 Å². The normalized spacial score (nSPS) is 13.5. The van der Waals surface area contributed by atoms with Gasteiger partial charge in [-0.15, -0.1) is 10.2 Å². The summed E-state index contributed by atoms with van der Waals surface area (Å²) < 4.78 is 1.72. The molecule has 5 nitrogen and oxygen atoms in total. The summed E-state index contributed by atoms with van der Waals surface area (Å²) in [6.45, 7) is 0. The molecule has 126 valence electrons. The molecule has 1 N–H and O–H groups in total. The molecule has 0 radical (unpaired) electrons. The number of phenolic OH excluding ortho intramolecular Hbond substituents is 1. The maximum Gasteiger partial charge on any atom is 0.212 e. The highest BCUT2D eigenvalue weighted by Gasteiger charge is 2.22. The predicted octanol–water partition coefficient (Wildman–Crippen LogP) is 4.16. The fourth-order valence-electron chi connectivity index (χ4n) is 3.08. The van der Waals surface area contributed by atoms with Crippen LogP contribution in [-0.4, -0.2) is 31.4 Å². The first-order valence-electron chi connectivity index (χ1n) is 8.23. The minimum absolute atomic E-state index is 0.172. The molecule has 0 saturated carbocycles. The van der Waals surface area contributed by atoms with Crippen molar-refractivity contribution >= 4 is 28.2 Å². The van der Waals surface area contributed by atoms with Crippen molar-refractivity contribution in [1.29, 1.82) is 0 Å². The molecule has 1 aromatic heterocycles. The molecule has 26 heavy (non-hydrogen) atoms. The molecule has 0 aliphatic carbocycles. The minimum Gasteiger partial charge on any atom is -0.507 e. The summed E-state index contributed by atoms with van der Waals surface area (Å²) in [6.07, 6.45) is 0. The number of hydrogen-bond donors (Lipinski definition) is 1. The van der Waals surface area contributed by atoms with Crippen LogP contribution >= 0.6 is 11.8 Å². The summed E-state index contributed by atoms with van der Waals surface area (Å²) in [6, 6.07) is 21.7. The average Bonchev–Trinajstić information content (AvgIpc) is 3.11. The van der Waals surface area contributed by atoms with Crippen molar-refractivity contribution in [3.8, 4) is 17.1 Å². The fraction of sp³-hybridized carbons (Fsp3) is 0.0500. The number of rotatable bonds is 2. The Labute approximate surface area is 154 Å². The standard InChI is InChI=1S/C20H14N4OS/c25-18-11-15-9-5-4-8-14(15)10-16(18)19-21-22-20-24(19)23-17(12-26-20)13-6-2-1-3-7-13/h1-11,25H,12H2. The molecule has 6 heteroatoms. The van der Waals surface area contributed by atoms with Crippen LogP contribution in [0.4, 0.5) is 0 Å². The van der Waals surface area contributed by atoms with E-state index in [0.717, 1.165) is 33.0 Å². The first-order chi connectivity index (χ1) is 12.8. The lowest BCUT2D eigenvalue weighted by Crippen LogP contribution is -2.13. The summed E-state index contributed by atoms with van der Waals surface area (Å²) in [4.78, 5) is 0. The summed E-state index contributed by atoms with van der Waals surface area (Å²) in [5, 5.41) is 26.6. The Morgan fingerprint density at radius 2 is 1.62 bits per heavy atom. The lowest BCUT2D eigenvalue weighted by molar-refractivity contribution is 0.477. The molecule has 3 aromatic carbocycles. The van der Waals surface area contributed by atoms with Gasteiger partial charge in [-0.05, 0) is 28.5 Å². The predicted molar refractivity (Wildman–Crippen MR) is 104 cm³/mol. The molecule has 0 saturated heterocycles. The third-order valence-electron chi connectivity index (χ3n) is 4.38. The molecule has 0 atom stereocenters. The molecule has 0 fully saturated rings. The zero-order valence-corrected chi connectivity index (χ0v) is 14.5. The summed E-state index contributed by atoms with van der Waals surface area (Å²) in [5.74, 6) is 1.46. The maximum absolute atomic E-state index is 10.5. The van der Waals surface area contributed by atoms with Crippen LogP contribution < -0.4 is 0 Å². The number of fused-ring (bicyclic) bond motifs is 2. The Morgan fingerprint density at radius 3 is 2.42 bits per heavy atom. The van der Waals surface area contributed by atoms with Gasteiger partial charge in [-0.3, -0.25) is 0 Å². The largest absolute Gasteiger partial charge is 0.507 e. The monoisotopic (exact) mass is 358 g/mol. The van der Waals surface area contributed by atoms with E-state index in [1.807, 2.05) is 60.7 Å². The SMILES string of the molecule is Oc1cc2ccccc2cc1-c1nnc2n1N=C(c1ccccc1)CS2. The van der Waals surface area contributed by atoms with Gasteiger partial charge in [0, 0.05) is 5.75 Å². The van der Waals surface area contributed by atoms with Crippen molar-refractivity contribution in [2.24, 2.45) is 5.10 Å². The van der Waals surface area contributed by atoms with Crippen molar-refractivity contribution in [2.75, 3.05) is 5.75 Å². The molecule has 4 aromatic rings. The molecule has 5 rings (SSSR count). The summed E-state index contributed by atoms with van der Waals surface area (Å²) >= 11 is 1.59. The number of phenols is 1. The van der Waals surface area contributed by atoms with Gasteiger partial charge in [0.25, 0.3) is 0 Å². The number of hydrogen-bond acceptors (Lipinski definition) is 5. The molecule has 1 aliphatic heterocycles. The van der Waals surface area contributed by atoms with Gasteiger partial charge in [-0.25, -0.2) is 0 Å². The first kappa shape index (κ1) is 15.2. The number of benzene rings is 3. The van der Waals surface area contributed by atoms with Gasteiger partial charge in [0.15, 0.2) is 5.82 Å². The second kappa shape index (κ2) is 6.00. The molecule has 0 unspecified atom stereocenters. The highest BCUT2D eigenvalue weighted by atomic mass is 32.2. The molecule has 0 bridgehead atoms. The zero-order chi connectivity index (χ0) is 17.5. The smallest absolute Gasteiger partial charge is 0.212 e. The highest BCUT2D eigenvalue weighted by Crippen LogP contribution is 2.35. The molecule has 1 aliphatic rings. The molecule has 0 spiro atoms. The number of aromatic hydroxyl groups is 1. The van der Waals surface area contributed by atoms with Gasteiger partial charge in [-0.2, -0.15) is 9.78 Å². The van der Waals surface area contributed by atoms with E-state index in [1.54, 1.807) is 22.5 Å². The van der Waals surface area contributed by atoms with Crippen molar-refractivity contribution in [3.05, 3.63) is 72.3 Å². The highest BCUT2D eigenvalue weighted by molar-refractivity contribution is 7.99. The van der Waals surface area contributed by atoms with E-state index in [1.165, 1.54) is 0 Å². The topological polar surface area (TPSA) is 63.3 Å². The number of aromatic nitrogens is 3. The van der Waals surface area contributed by atoms with Crippen LogP contribution in [0.1, 0.15) is 5.56 Å². The Morgan fingerprint density at radius 1 is 0.885 bits per heavy atom. The Kier molecular flexibility index (Phi) is 3.50. The molecule has 0 amide bonds. The van der Waals surface area contributed by atoms with E-state index >= 15 is 0 Å². The quantitative estimate of drug-likeness (QED) is 0.584. The van der Waals surface area contributed by atoms with Gasteiger partial charge >= 0.3 is 0 Å². The van der Waals surface area contributed by atoms with Crippen molar-refractivity contribution in [2.45, 2.75) is 5.16 Å². The van der Waals surface area contributed by atoms with Crippen LogP contribution in [0.2, 0.25) is 0 Å². The van der Waals surface area contributed by atoms with Crippen LogP contribution in [0.3, 0.4) is 0 Å². The van der Waals surface area contributed by atoms with E-state index in [9.17, 15) is 5.11 Å². The van der Waals surface area contributed by atoms with Crippen molar-refractivity contribution in [3.63, 3.8) is 0 Å². The van der Waals surface area contributed by atoms with Crippen LogP contribution in [0, 0.1) is 0 Å². The Hall–Kier alpha value is -3.12. The van der Waals surface area contributed by atoms with E-state index in [4.69, 9.17) is 5.10 Å². The van der Waals surface area contributed by atoms with E-state index < -0.39 is 0 Å². The lowest BCUT2D eigenvalue weighted by Gasteiger charge is -2.14. The Balaban J connectivity index is 1.67. The molecular formula is C20H14N4OS. The molecular weight excluding hydrogens is 344 g/mol. The van der Waals surface area contributed by atoms with Crippen LogP contribution in [-0.2, 0) is 0 Å². The van der Waals surface area contributed by atoms with E-state index in [0.29, 0.717) is 11.4 Å². The van der Waals surface area contributed by atoms with Crippen LogP contribution in [0.5, 0.6) is 5.75 Å². The van der Waals surface area contributed by atoms with E-state index in [-0.39, 0.29) is 5.75 Å². The van der Waals surface area contributed by atoms with Gasteiger partial charge in [0.05, 0.1) is 11.3 Å². The second-order valence-corrected chi connectivity index (χ2v) is 6.98. The third kappa shape index (κ3) is 2.46. The van der Waals surface area contributed by atoms with Crippen molar-refractivity contribution < 1.29 is 5.11 Å². The minimum atomic E-state index is 0.172. The molecule has 2 heterocycles. The zero-order valence-electron chi connectivity index (χ0n) is 13.7. The van der Waals surface area contributed by atoms with Gasteiger partial charge < -0.3 is 5.11 Å². The van der Waals surface area contributed by atoms with Gasteiger partial charge in [0.2, 0.25) is 5.16 Å². The summed E-state index contributed by atoms with van der Waals surface area (Å²) in [5.41, 5.74) is 2.67. The van der Waals surface area contributed by atoms with Crippen LogP contribution in [0.15, 0.2) is 77.0 Å². The average molecular weight is 358 g/mol. The number of thioether (sulfide) groups is 1. The van der Waals surface area contributed by atoms with E-state index in [2.05, 4.69) is 10.2 Å². The van der Waals surface area contributed by atoms with Crippen LogP contribution in [0.25, 0.3) is 22.2 Å². The fourth-order valence-corrected chi connectivity index (χ4v) is 3.91. The lowest BCUT2D eigenvalue weighted by atomic mass is 10.1. The maximum atomic E-state index is 10.5. The number of nitrogens with zero attached hydrogens (tertiary/aromatic N) is 4. The second-order valence-electron chi connectivity index (χ2n) is 6.04. The van der Waals surface area contributed by atoms with Gasteiger partial charge in [-0.1, -0.05) is 66.4 Å².